The molecule has 0 bridgehead atoms. The van der Waals surface area contributed by atoms with Crippen LogP contribution in [0, 0.1) is 11.6 Å². The molecule has 0 spiro atoms. The summed E-state index contributed by atoms with van der Waals surface area (Å²) in [5, 5.41) is 5.74. The first-order chi connectivity index (χ1) is 13.5. The fourth-order valence-corrected chi connectivity index (χ4v) is 3.38. The van der Waals surface area contributed by atoms with Gasteiger partial charge in [-0.3, -0.25) is 4.79 Å². The van der Waals surface area contributed by atoms with E-state index in [0.29, 0.717) is 18.5 Å². The predicted octanol–water partition coefficient (Wildman–Crippen LogP) is 3.58. The Kier molecular flexibility index (Phi) is 4.65. The van der Waals surface area contributed by atoms with Crippen LogP contribution in [-0.4, -0.2) is 16.9 Å². The molecule has 0 radical (unpaired) electrons. The minimum absolute atomic E-state index is 0.126. The molecule has 4 N–H and O–H groups in total. The molecule has 0 fully saturated rings. The number of rotatable bonds is 4. The third-order valence-corrected chi connectivity index (χ3v) is 4.65. The number of fused-ring (bicyclic) bond motifs is 1. The van der Waals surface area contributed by atoms with Crippen LogP contribution in [0.3, 0.4) is 0 Å². The molecule has 4 rings (SSSR count). The molecule has 2 aromatic carbocycles. The van der Waals surface area contributed by atoms with Crippen LogP contribution < -0.4 is 16.4 Å². The molecule has 1 atom stereocenters. The molecule has 5 nitrogen and oxygen atoms in total. The van der Waals surface area contributed by atoms with Gasteiger partial charge in [0.15, 0.2) is 0 Å². The molecule has 0 saturated heterocycles. The summed E-state index contributed by atoms with van der Waals surface area (Å²) in [4.78, 5) is 16.9. The van der Waals surface area contributed by atoms with E-state index < -0.39 is 5.82 Å². The van der Waals surface area contributed by atoms with Crippen LogP contribution in [-0.2, 0) is 12.8 Å². The third-order valence-electron chi connectivity index (χ3n) is 4.65. The molecule has 0 saturated carbocycles. The number of aromatic nitrogens is 1. The van der Waals surface area contributed by atoms with Gasteiger partial charge in [-0.15, -0.1) is 0 Å². The Bertz CT molecular complexity index is 1050. The van der Waals surface area contributed by atoms with E-state index in [-0.39, 0.29) is 35.0 Å². The monoisotopic (exact) mass is 380 g/mol. The number of hydrogen-bond donors (Lipinski definition) is 3. The first-order valence-electron chi connectivity index (χ1n) is 8.85. The Morgan fingerprint density at radius 3 is 2.64 bits per heavy atom. The van der Waals surface area contributed by atoms with E-state index in [2.05, 4.69) is 15.6 Å². The highest BCUT2D eigenvalue weighted by molar-refractivity contribution is 5.94. The molecule has 1 aliphatic carbocycles. The van der Waals surface area contributed by atoms with Crippen molar-refractivity contribution in [3.8, 4) is 0 Å². The minimum Gasteiger partial charge on any atom is -0.399 e. The summed E-state index contributed by atoms with van der Waals surface area (Å²) in [6.07, 6.45) is 1.19. The fourth-order valence-electron chi connectivity index (χ4n) is 3.38. The standard InChI is InChI=1S/C21H18F2N4O/c22-14-6-5-12-8-16(9-13(12)7-14)25-21(28)19-10-15(24)11-20(27-19)26-18-4-2-1-3-17(18)23/h1-7,10-11,16H,8-9H2,(H,25,28)(H3,24,26,27). The van der Waals surface area contributed by atoms with Crippen molar-refractivity contribution < 1.29 is 13.6 Å². The number of nitrogens with one attached hydrogen (secondary N) is 2. The molecule has 1 heterocycles. The fraction of sp³-hybridized carbons (Fsp3) is 0.143. The first-order valence-corrected chi connectivity index (χ1v) is 8.85. The Labute approximate surface area is 160 Å². The molecule has 3 aromatic rings. The molecule has 1 amide bonds. The van der Waals surface area contributed by atoms with Crippen molar-refractivity contribution in [1.29, 1.82) is 0 Å². The van der Waals surface area contributed by atoms with Gasteiger partial charge in [-0.1, -0.05) is 18.2 Å². The lowest BCUT2D eigenvalue weighted by Gasteiger charge is -2.13. The number of benzene rings is 2. The lowest BCUT2D eigenvalue weighted by molar-refractivity contribution is 0.0933. The van der Waals surface area contributed by atoms with Crippen molar-refractivity contribution in [3.63, 3.8) is 0 Å². The summed E-state index contributed by atoms with van der Waals surface area (Å²) < 4.78 is 27.2. The smallest absolute Gasteiger partial charge is 0.270 e. The van der Waals surface area contributed by atoms with Gasteiger partial charge in [0.2, 0.25) is 0 Å². The van der Waals surface area contributed by atoms with Gasteiger partial charge >= 0.3 is 0 Å². The van der Waals surface area contributed by atoms with Gasteiger partial charge in [-0.25, -0.2) is 13.8 Å². The molecule has 142 valence electrons. The normalized spacial score (nSPS) is 15.1. The number of carbonyl (C=O) groups excluding carboxylic acids is 1. The predicted molar refractivity (Wildman–Crippen MR) is 103 cm³/mol. The molecule has 28 heavy (non-hydrogen) atoms. The zero-order valence-corrected chi connectivity index (χ0v) is 14.9. The second kappa shape index (κ2) is 7.26. The van der Waals surface area contributed by atoms with Crippen molar-refractivity contribution in [2.24, 2.45) is 0 Å². The van der Waals surface area contributed by atoms with Crippen LogP contribution in [0.1, 0.15) is 21.6 Å². The molecule has 1 aliphatic rings. The summed E-state index contributed by atoms with van der Waals surface area (Å²) in [5.41, 5.74) is 8.50. The maximum Gasteiger partial charge on any atom is 0.270 e. The van der Waals surface area contributed by atoms with Crippen LogP contribution >= 0.6 is 0 Å². The maximum atomic E-state index is 13.8. The van der Waals surface area contributed by atoms with E-state index in [4.69, 9.17) is 5.73 Å². The van der Waals surface area contributed by atoms with Crippen LogP contribution in [0.4, 0.5) is 26.0 Å². The topological polar surface area (TPSA) is 80.0 Å². The Morgan fingerprint density at radius 1 is 1.04 bits per heavy atom. The Hall–Kier alpha value is -3.48. The van der Waals surface area contributed by atoms with E-state index in [1.165, 1.54) is 30.3 Å². The first kappa shape index (κ1) is 17.9. The summed E-state index contributed by atoms with van der Waals surface area (Å²) in [5.74, 6) is -0.838. The van der Waals surface area contributed by atoms with Crippen LogP contribution in [0.5, 0.6) is 0 Å². The third kappa shape index (κ3) is 3.78. The van der Waals surface area contributed by atoms with Crippen LogP contribution in [0.25, 0.3) is 0 Å². The van der Waals surface area contributed by atoms with Crippen molar-refractivity contribution in [2.75, 3.05) is 11.1 Å². The van der Waals surface area contributed by atoms with E-state index >= 15 is 0 Å². The van der Waals surface area contributed by atoms with E-state index in [0.717, 1.165) is 11.1 Å². The molecule has 7 heteroatoms. The number of amides is 1. The number of carbonyl (C=O) groups is 1. The van der Waals surface area contributed by atoms with Crippen molar-refractivity contribution in [3.05, 3.63) is 83.1 Å². The quantitative estimate of drug-likeness (QED) is 0.646. The van der Waals surface area contributed by atoms with Crippen LogP contribution in [0.2, 0.25) is 0 Å². The molecule has 1 unspecified atom stereocenters. The van der Waals surface area contributed by atoms with E-state index in [1.54, 1.807) is 24.3 Å². The molecule has 0 aliphatic heterocycles. The number of nitrogens with zero attached hydrogens (tertiary/aromatic N) is 1. The van der Waals surface area contributed by atoms with Crippen molar-refractivity contribution in [2.45, 2.75) is 18.9 Å². The van der Waals surface area contributed by atoms with Crippen molar-refractivity contribution in [1.82, 2.24) is 10.3 Å². The van der Waals surface area contributed by atoms with Gasteiger partial charge in [0.05, 0.1) is 5.69 Å². The average Bonchev–Trinajstić information content (AvgIpc) is 3.04. The summed E-state index contributed by atoms with van der Waals surface area (Å²) in [7, 11) is 0. The second-order valence-corrected chi connectivity index (χ2v) is 6.77. The highest BCUT2D eigenvalue weighted by Crippen LogP contribution is 2.24. The summed E-state index contributed by atoms with van der Waals surface area (Å²) in [6, 6.07) is 13.7. The lowest BCUT2D eigenvalue weighted by atomic mass is 10.1. The number of nitrogen functional groups attached to an aromatic ring is 1. The Balaban J connectivity index is 1.49. The Morgan fingerprint density at radius 2 is 1.82 bits per heavy atom. The molecular formula is C21H18F2N4O. The number of hydrogen-bond acceptors (Lipinski definition) is 4. The molecular weight excluding hydrogens is 362 g/mol. The number of para-hydroxylation sites is 1. The SMILES string of the molecule is Nc1cc(Nc2ccccc2F)nc(C(=O)NC2Cc3ccc(F)cc3C2)c1. The van der Waals surface area contributed by atoms with E-state index in [9.17, 15) is 13.6 Å². The van der Waals surface area contributed by atoms with Gasteiger partial charge in [-0.2, -0.15) is 0 Å². The highest BCUT2D eigenvalue weighted by atomic mass is 19.1. The van der Waals surface area contributed by atoms with Gasteiger partial charge in [0, 0.05) is 17.8 Å². The van der Waals surface area contributed by atoms with Gasteiger partial charge in [0.1, 0.15) is 23.1 Å². The average molecular weight is 380 g/mol. The lowest BCUT2D eigenvalue weighted by Crippen LogP contribution is -2.35. The zero-order valence-electron chi connectivity index (χ0n) is 14.9. The second-order valence-electron chi connectivity index (χ2n) is 6.77. The van der Waals surface area contributed by atoms with Gasteiger partial charge in [-0.05, 0) is 54.3 Å². The van der Waals surface area contributed by atoms with Crippen molar-refractivity contribution >= 4 is 23.1 Å². The summed E-state index contributed by atoms with van der Waals surface area (Å²) >= 11 is 0. The van der Waals surface area contributed by atoms with E-state index in [1.807, 2.05) is 0 Å². The van der Waals surface area contributed by atoms with Gasteiger partial charge < -0.3 is 16.4 Å². The van der Waals surface area contributed by atoms with Crippen LogP contribution in [0.15, 0.2) is 54.6 Å². The largest absolute Gasteiger partial charge is 0.399 e. The number of halogens is 2. The zero-order chi connectivity index (χ0) is 19.7. The summed E-state index contributed by atoms with van der Waals surface area (Å²) in [6.45, 7) is 0. The molecule has 1 aromatic heterocycles. The minimum atomic E-state index is -0.436. The highest BCUT2D eigenvalue weighted by Gasteiger charge is 2.24. The number of pyridine rings is 1. The maximum absolute atomic E-state index is 13.8. The number of nitrogens with two attached hydrogens (primary N) is 1. The number of anilines is 3. The van der Waals surface area contributed by atoms with Gasteiger partial charge in [0.25, 0.3) is 5.91 Å².